The number of carbonyl (C=O) groups excluding carboxylic acids is 2. The minimum absolute atomic E-state index is 0.0722. The third-order valence-corrected chi connectivity index (χ3v) is 3.88. The van der Waals surface area contributed by atoms with Gasteiger partial charge in [0, 0.05) is 13.5 Å². The molecule has 2 N–H and O–H groups in total. The fourth-order valence-corrected chi connectivity index (χ4v) is 2.49. The molecule has 0 bridgehead atoms. The quantitative estimate of drug-likeness (QED) is 0.857. The highest BCUT2D eigenvalue weighted by atomic mass is 16.3. The van der Waals surface area contributed by atoms with E-state index in [9.17, 15) is 14.7 Å². The average Bonchev–Trinajstić information content (AvgIpc) is 2.65. The molecule has 2 amide bonds. The molecule has 0 aliphatic heterocycles. The molecule has 2 aromatic carbocycles. The van der Waals surface area contributed by atoms with Crippen LogP contribution in [0.4, 0.5) is 5.69 Å². The van der Waals surface area contributed by atoms with Crippen molar-refractivity contribution in [3.05, 3.63) is 65.7 Å². The Kier molecular flexibility index (Phi) is 6.09. The second kappa shape index (κ2) is 8.26. The van der Waals surface area contributed by atoms with Crippen molar-refractivity contribution in [2.75, 3.05) is 18.6 Å². The molecular formula is C19H22N2O3. The molecule has 0 saturated heterocycles. The van der Waals surface area contributed by atoms with E-state index in [-0.39, 0.29) is 18.4 Å². The smallest absolute Gasteiger partial charge is 0.253 e. The Morgan fingerprint density at radius 3 is 2.33 bits per heavy atom. The van der Waals surface area contributed by atoms with E-state index in [1.165, 1.54) is 4.90 Å². The van der Waals surface area contributed by atoms with Gasteiger partial charge in [0.15, 0.2) is 0 Å². The van der Waals surface area contributed by atoms with Gasteiger partial charge in [0.2, 0.25) is 5.91 Å². The second-order valence-electron chi connectivity index (χ2n) is 5.44. The van der Waals surface area contributed by atoms with Crippen LogP contribution in [0.25, 0.3) is 0 Å². The lowest BCUT2D eigenvalue weighted by atomic mass is 10.1. The molecule has 2 aromatic rings. The first kappa shape index (κ1) is 17.7. The van der Waals surface area contributed by atoms with Gasteiger partial charge >= 0.3 is 0 Å². The van der Waals surface area contributed by atoms with Crippen molar-refractivity contribution in [2.45, 2.75) is 19.4 Å². The second-order valence-corrected chi connectivity index (χ2v) is 5.44. The number of nitrogens with zero attached hydrogens (tertiary/aromatic N) is 1. The van der Waals surface area contributed by atoms with Crippen LogP contribution >= 0.6 is 0 Å². The molecule has 5 nitrogen and oxygen atoms in total. The first-order valence-electron chi connectivity index (χ1n) is 7.90. The van der Waals surface area contributed by atoms with Gasteiger partial charge in [-0.25, -0.2) is 0 Å². The first-order chi connectivity index (χ1) is 11.6. The zero-order valence-electron chi connectivity index (χ0n) is 13.9. The molecule has 0 unspecified atom stereocenters. The molecule has 24 heavy (non-hydrogen) atoms. The van der Waals surface area contributed by atoms with E-state index in [4.69, 9.17) is 0 Å². The number of carbonyl (C=O) groups is 2. The largest absolute Gasteiger partial charge is 0.394 e. The highest BCUT2D eigenvalue weighted by molar-refractivity contribution is 6.04. The molecule has 2 rings (SSSR count). The Hall–Kier alpha value is -2.66. The van der Waals surface area contributed by atoms with Crippen LogP contribution in [0.2, 0.25) is 0 Å². The van der Waals surface area contributed by atoms with Gasteiger partial charge in [0.1, 0.15) is 0 Å². The SMILES string of the molecule is CCC(=O)N(C)c1ccccc1C(=O)N[C@H](CO)c1ccccc1. The van der Waals surface area contributed by atoms with Gasteiger partial charge in [0.05, 0.1) is 23.9 Å². The number of benzene rings is 2. The van der Waals surface area contributed by atoms with Crippen molar-refractivity contribution in [2.24, 2.45) is 0 Å². The van der Waals surface area contributed by atoms with Crippen LogP contribution in [0.1, 0.15) is 35.3 Å². The Morgan fingerprint density at radius 1 is 1.08 bits per heavy atom. The van der Waals surface area contributed by atoms with E-state index in [1.54, 1.807) is 38.2 Å². The highest BCUT2D eigenvalue weighted by Gasteiger charge is 2.20. The Morgan fingerprint density at radius 2 is 1.71 bits per heavy atom. The average molecular weight is 326 g/mol. The van der Waals surface area contributed by atoms with Crippen molar-refractivity contribution in [1.82, 2.24) is 5.32 Å². The maximum absolute atomic E-state index is 12.7. The summed E-state index contributed by atoms with van der Waals surface area (Å²) in [5.41, 5.74) is 1.77. The maximum Gasteiger partial charge on any atom is 0.253 e. The third-order valence-electron chi connectivity index (χ3n) is 3.88. The van der Waals surface area contributed by atoms with Crippen LogP contribution in [0.15, 0.2) is 54.6 Å². The summed E-state index contributed by atoms with van der Waals surface area (Å²) in [5, 5.41) is 12.4. The maximum atomic E-state index is 12.7. The van der Waals surface area contributed by atoms with E-state index in [1.807, 2.05) is 30.3 Å². The first-order valence-corrected chi connectivity index (χ1v) is 7.90. The number of rotatable bonds is 6. The number of aliphatic hydroxyl groups is 1. The zero-order valence-corrected chi connectivity index (χ0v) is 13.9. The number of aliphatic hydroxyl groups excluding tert-OH is 1. The Balaban J connectivity index is 2.25. The summed E-state index contributed by atoms with van der Waals surface area (Å²) >= 11 is 0. The molecular weight excluding hydrogens is 304 g/mol. The summed E-state index contributed by atoms with van der Waals surface area (Å²) in [6.07, 6.45) is 0.357. The predicted molar refractivity (Wildman–Crippen MR) is 93.9 cm³/mol. The minimum Gasteiger partial charge on any atom is -0.394 e. The number of hydrogen-bond donors (Lipinski definition) is 2. The summed E-state index contributed by atoms with van der Waals surface area (Å²) in [6, 6.07) is 15.7. The van der Waals surface area contributed by atoms with Crippen molar-refractivity contribution in [1.29, 1.82) is 0 Å². The lowest BCUT2D eigenvalue weighted by Gasteiger charge is -2.22. The highest BCUT2D eigenvalue weighted by Crippen LogP contribution is 2.21. The van der Waals surface area contributed by atoms with Crippen LogP contribution in [-0.2, 0) is 4.79 Å². The number of anilines is 1. The molecule has 0 saturated carbocycles. The van der Waals surface area contributed by atoms with Gasteiger partial charge in [-0.2, -0.15) is 0 Å². The summed E-state index contributed by atoms with van der Waals surface area (Å²) < 4.78 is 0. The van der Waals surface area contributed by atoms with Gasteiger partial charge in [-0.05, 0) is 17.7 Å². The molecule has 0 heterocycles. The van der Waals surface area contributed by atoms with Gasteiger partial charge < -0.3 is 15.3 Å². The molecule has 0 radical (unpaired) electrons. The standard InChI is InChI=1S/C19H22N2O3/c1-3-18(23)21(2)17-12-8-7-11-15(17)19(24)20-16(13-22)14-9-5-4-6-10-14/h4-12,16,22H,3,13H2,1-2H3,(H,20,24)/t16-/m1/s1. The predicted octanol–water partition coefficient (Wildman–Crippen LogP) is 2.52. The molecule has 0 fully saturated rings. The molecule has 126 valence electrons. The van der Waals surface area contributed by atoms with E-state index < -0.39 is 6.04 Å². The van der Waals surface area contributed by atoms with Crippen LogP contribution in [0, 0.1) is 0 Å². The van der Waals surface area contributed by atoms with Crippen molar-refractivity contribution in [3.8, 4) is 0 Å². The fraction of sp³-hybridized carbons (Fsp3) is 0.263. The van der Waals surface area contributed by atoms with Crippen LogP contribution in [0.3, 0.4) is 0 Å². The Labute approximate surface area is 141 Å². The topological polar surface area (TPSA) is 69.6 Å². The van der Waals surface area contributed by atoms with E-state index in [2.05, 4.69) is 5.32 Å². The van der Waals surface area contributed by atoms with E-state index >= 15 is 0 Å². The molecule has 1 atom stereocenters. The normalized spacial score (nSPS) is 11.6. The third kappa shape index (κ3) is 4.00. The van der Waals surface area contributed by atoms with Crippen LogP contribution in [0.5, 0.6) is 0 Å². The fourth-order valence-electron chi connectivity index (χ4n) is 2.49. The summed E-state index contributed by atoms with van der Waals surface area (Å²) in [7, 11) is 1.65. The van der Waals surface area contributed by atoms with Crippen molar-refractivity contribution in [3.63, 3.8) is 0 Å². The molecule has 0 aliphatic carbocycles. The van der Waals surface area contributed by atoms with Crippen molar-refractivity contribution < 1.29 is 14.7 Å². The number of para-hydroxylation sites is 1. The van der Waals surface area contributed by atoms with E-state index in [0.717, 1.165) is 5.56 Å². The summed E-state index contributed by atoms with van der Waals surface area (Å²) in [5.74, 6) is -0.402. The number of nitrogens with one attached hydrogen (secondary N) is 1. The molecule has 0 aliphatic rings. The Bertz CT molecular complexity index is 701. The minimum atomic E-state index is -0.501. The molecule has 0 aromatic heterocycles. The van der Waals surface area contributed by atoms with Gasteiger partial charge in [-0.3, -0.25) is 9.59 Å². The molecule has 5 heteroatoms. The van der Waals surface area contributed by atoms with Crippen LogP contribution < -0.4 is 10.2 Å². The lowest BCUT2D eigenvalue weighted by molar-refractivity contribution is -0.118. The van der Waals surface area contributed by atoms with Crippen molar-refractivity contribution >= 4 is 17.5 Å². The zero-order chi connectivity index (χ0) is 17.5. The summed E-state index contributed by atoms with van der Waals surface area (Å²) in [4.78, 5) is 26.1. The van der Waals surface area contributed by atoms with Gasteiger partial charge in [-0.1, -0.05) is 49.4 Å². The lowest BCUT2D eigenvalue weighted by Crippen LogP contribution is -2.33. The number of amides is 2. The van der Waals surface area contributed by atoms with Crippen LogP contribution in [-0.4, -0.2) is 30.6 Å². The molecule has 0 spiro atoms. The van der Waals surface area contributed by atoms with Gasteiger partial charge in [0.25, 0.3) is 5.91 Å². The van der Waals surface area contributed by atoms with E-state index in [0.29, 0.717) is 17.7 Å². The number of hydrogen-bond acceptors (Lipinski definition) is 3. The monoisotopic (exact) mass is 326 g/mol. The van der Waals surface area contributed by atoms with Gasteiger partial charge in [-0.15, -0.1) is 0 Å². The summed E-state index contributed by atoms with van der Waals surface area (Å²) in [6.45, 7) is 1.57.